The smallest absolute Gasteiger partial charge is 0.163 e. The van der Waals surface area contributed by atoms with Crippen molar-refractivity contribution in [1.82, 2.24) is 19.9 Å². The lowest BCUT2D eigenvalue weighted by atomic mass is 10.1. The molecule has 0 aliphatic carbocycles. The van der Waals surface area contributed by atoms with Crippen molar-refractivity contribution >= 4 is 23.7 Å². The van der Waals surface area contributed by atoms with E-state index in [4.69, 9.17) is 9.47 Å². The number of nitrogens with zero attached hydrogens (tertiary/aromatic N) is 5. The normalized spacial score (nSPS) is 21.0. The van der Waals surface area contributed by atoms with Crippen molar-refractivity contribution in [3.05, 3.63) is 42.4 Å². The third kappa shape index (κ3) is 4.29. The van der Waals surface area contributed by atoms with E-state index in [9.17, 15) is 10.4 Å². The van der Waals surface area contributed by atoms with Crippen molar-refractivity contribution in [1.29, 1.82) is 5.26 Å². The number of pyridine rings is 2. The van der Waals surface area contributed by atoms with Gasteiger partial charge in [0.05, 0.1) is 24.9 Å². The first-order chi connectivity index (χ1) is 14.7. The Morgan fingerprint density at radius 1 is 1.23 bits per heavy atom. The number of hydrogen-bond acceptors (Lipinski definition) is 8. The number of aliphatic hydroxyl groups excluding tert-OH is 1. The molecule has 5 rings (SSSR count). The van der Waals surface area contributed by atoms with Gasteiger partial charge in [-0.05, 0) is 18.2 Å². The van der Waals surface area contributed by atoms with Crippen LogP contribution in [-0.4, -0.2) is 71.3 Å². The molecule has 3 aromatic heterocycles. The molecule has 0 amide bonds. The van der Waals surface area contributed by atoms with Gasteiger partial charge in [-0.25, -0.2) is 9.50 Å². The summed E-state index contributed by atoms with van der Waals surface area (Å²) in [6.07, 6.45) is 2.45. The van der Waals surface area contributed by atoms with E-state index in [1.165, 1.54) is 0 Å². The van der Waals surface area contributed by atoms with Crippen LogP contribution < -0.4 is 15.0 Å². The summed E-state index contributed by atoms with van der Waals surface area (Å²) in [4.78, 5) is 6.91. The number of ether oxygens (including phenoxy) is 2. The van der Waals surface area contributed by atoms with Gasteiger partial charge < -0.3 is 24.8 Å². The van der Waals surface area contributed by atoms with Crippen LogP contribution in [0, 0.1) is 11.3 Å². The number of halogens is 1. The fourth-order valence-electron chi connectivity index (χ4n) is 3.86. The lowest BCUT2D eigenvalue weighted by molar-refractivity contribution is 0.0730. The maximum atomic E-state index is 10.0. The zero-order valence-corrected chi connectivity index (χ0v) is 17.6. The van der Waals surface area contributed by atoms with Crippen molar-refractivity contribution in [2.75, 3.05) is 44.3 Å². The standard InChI is InChI=1S/C21H22N6O3.ClH/c22-9-15-7-18-17(14-1-2-21(24-10-14)26-5-3-23-4-6-26)8-16(11-27(18)25-15)30-20-13-29-12-19(20)28;/h1-2,7-8,10-11,19-20,23,28H,3-6,12-13H2;1H/t19-,20-;/m0./s1. The molecule has 2 fully saturated rings. The molecule has 2 atom stereocenters. The maximum Gasteiger partial charge on any atom is 0.163 e. The van der Waals surface area contributed by atoms with Crippen molar-refractivity contribution in [3.63, 3.8) is 0 Å². The Balaban J connectivity index is 0.00000231. The SMILES string of the molecule is Cl.N#Cc1cc2c(-c3ccc(N4CCNCC4)nc3)cc(O[C@H]3COC[C@@H]3O)cn2n1. The second-order valence-corrected chi connectivity index (χ2v) is 7.46. The van der Waals surface area contributed by atoms with E-state index in [0.717, 1.165) is 48.6 Å². The zero-order valence-electron chi connectivity index (χ0n) is 16.8. The van der Waals surface area contributed by atoms with Gasteiger partial charge in [0.2, 0.25) is 0 Å². The van der Waals surface area contributed by atoms with E-state index in [0.29, 0.717) is 18.1 Å². The van der Waals surface area contributed by atoms with Crippen LogP contribution in [0.5, 0.6) is 5.75 Å². The van der Waals surface area contributed by atoms with E-state index < -0.39 is 12.2 Å². The summed E-state index contributed by atoms with van der Waals surface area (Å²) in [5.74, 6) is 1.49. The van der Waals surface area contributed by atoms with E-state index in [-0.39, 0.29) is 19.0 Å². The summed E-state index contributed by atoms with van der Waals surface area (Å²) < 4.78 is 12.9. The predicted octanol–water partition coefficient (Wildman–Crippen LogP) is 1.24. The quantitative estimate of drug-likeness (QED) is 0.621. The topological polar surface area (TPSA) is 108 Å². The minimum Gasteiger partial charge on any atom is -0.484 e. The summed E-state index contributed by atoms with van der Waals surface area (Å²) in [5, 5.41) is 26.9. The number of aromatic nitrogens is 3. The Kier molecular flexibility index (Phi) is 6.25. The molecule has 162 valence electrons. The lowest BCUT2D eigenvalue weighted by Crippen LogP contribution is -2.43. The van der Waals surface area contributed by atoms with Crippen LogP contribution in [0.1, 0.15) is 5.69 Å². The Bertz CT molecular complexity index is 1090. The third-order valence-electron chi connectivity index (χ3n) is 5.45. The van der Waals surface area contributed by atoms with Crippen LogP contribution in [0.4, 0.5) is 5.82 Å². The monoisotopic (exact) mass is 442 g/mol. The summed E-state index contributed by atoms with van der Waals surface area (Å²) in [5.41, 5.74) is 2.87. The Labute approximate surface area is 185 Å². The molecule has 0 saturated carbocycles. The van der Waals surface area contributed by atoms with Crippen molar-refractivity contribution < 1.29 is 14.6 Å². The highest BCUT2D eigenvalue weighted by molar-refractivity contribution is 5.85. The van der Waals surface area contributed by atoms with Gasteiger partial charge in [-0.15, -0.1) is 12.4 Å². The van der Waals surface area contributed by atoms with Gasteiger partial charge in [0, 0.05) is 49.6 Å². The molecule has 31 heavy (non-hydrogen) atoms. The highest BCUT2D eigenvalue weighted by Crippen LogP contribution is 2.31. The Morgan fingerprint density at radius 3 is 2.74 bits per heavy atom. The number of fused-ring (bicyclic) bond motifs is 1. The Hall–Kier alpha value is -2.90. The van der Waals surface area contributed by atoms with Crippen LogP contribution in [0.15, 0.2) is 36.7 Å². The van der Waals surface area contributed by atoms with Crippen molar-refractivity contribution in [3.8, 4) is 22.9 Å². The van der Waals surface area contributed by atoms with Gasteiger partial charge in [-0.1, -0.05) is 0 Å². The molecule has 2 aliphatic rings. The van der Waals surface area contributed by atoms with E-state index >= 15 is 0 Å². The van der Waals surface area contributed by atoms with Gasteiger partial charge in [-0.3, -0.25) is 0 Å². The second kappa shape index (κ2) is 9.08. The molecular formula is C21H23ClN6O3. The lowest BCUT2D eigenvalue weighted by Gasteiger charge is -2.28. The van der Waals surface area contributed by atoms with Gasteiger partial charge >= 0.3 is 0 Å². The number of nitriles is 1. The number of rotatable bonds is 4. The van der Waals surface area contributed by atoms with Gasteiger partial charge in [0.15, 0.2) is 5.69 Å². The largest absolute Gasteiger partial charge is 0.484 e. The molecule has 0 unspecified atom stereocenters. The third-order valence-corrected chi connectivity index (χ3v) is 5.45. The van der Waals surface area contributed by atoms with Gasteiger partial charge in [0.25, 0.3) is 0 Å². The molecule has 0 radical (unpaired) electrons. The van der Waals surface area contributed by atoms with E-state index in [1.807, 2.05) is 24.4 Å². The average molecular weight is 443 g/mol. The van der Waals surface area contributed by atoms with Gasteiger partial charge in [0.1, 0.15) is 29.8 Å². The molecule has 9 nitrogen and oxygen atoms in total. The predicted molar refractivity (Wildman–Crippen MR) is 117 cm³/mol. The highest BCUT2D eigenvalue weighted by atomic mass is 35.5. The molecule has 3 aromatic rings. The van der Waals surface area contributed by atoms with Crippen molar-refractivity contribution in [2.45, 2.75) is 12.2 Å². The van der Waals surface area contributed by atoms with Crippen LogP contribution >= 0.6 is 12.4 Å². The van der Waals surface area contributed by atoms with Crippen LogP contribution in [0.2, 0.25) is 0 Å². The second-order valence-electron chi connectivity index (χ2n) is 7.46. The maximum absolute atomic E-state index is 10.0. The van der Waals surface area contributed by atoms with E-state index in [1.54, 1.807) is 16.8 Å². The fraction of sp³-hybridized carbons (Fsp3) is 0.381. The molecule has 10 heteroatoms. The molecule has 2 N–H and O–H groups in total. The molecule has 5 heterocycles. The minimum absolute atomic E-state index is 0. The number of anilines is 1. The summed E-state index contributed by atoms with van der Waals surface area (Å²) in [6, 6.07) is 9.76. The number of nitrogens with one attached hydrogen (secondary N) is 1. The first-order valence-corrected chi connectivity index (χ1v) is 9.99. The first-order valence-electron chi connectivity index (χ1n) is 9.99. The summed E-state index contributed by atoms with van der Waals surface area (Å²) >= 11 is 0. The van der Waals surface area contributed by atoms with E-state index in [2.05, 4.69) is 26.4 Å². The molecule has 0 spiro atoms. The van der Waals surface area contributed by atoms with Crippen LogP contribution in [-0.2, 0) is 4.74 Å². The zero-order chi connectivity index (χ0) is 20.5. The minimum atomic E-state index is -0.670. The molecular weight excluding hydrogens is 420 g/mol. The molecule has 2 saturated heterocycles. The number of hydrogen-bond donors (Lipinski definition) is 2. The number of piperazine rings is 1. The number of aliphatic hydroxyl groups is 1. The van der Waals surface area contributed by atoms with Crippen molar-refractivity contribution in [2.24, 2.45) is 0 Å². The van der Waals surface area contributed by atoms with Crippen LogP contribution in [0.3, 0.4) is 0 Å². The summed E-state index contributed by atoms with van der Waals surface area (Å²) in [6.45, 7) is 4.36. The van der Waals surface area contributed by atoms with Gasteiger partial charge in [-0.2, -0.15) is 10.4 Å². The molecule has 2 aliphatic heterocycles. The molecule has 0 bridgehead atoms. The fourth-order valence-corrected chi connectivity index (χ4v) is 3.86. The highest BCUT2D eigenvalue weighted by Gasteiger charge is 2.28. The first kappa shape index (κ1) is 21.3. The van der Waals surface area contributed by atoms with Crippen LogP contribution in [0.25, 0.3) is 16.6 Å². The Morgan fingerprint density at radius 2 is 2.06 bits per heavy atom. The summed E-state index contributed by atoms with van der Waals surface area (Å²) in [7, 11) is 0. The molecule has 0 aromatic carbocycles. The average Bonchev–Trinajstić information content (AvgIpc) is 3.39.